The van der Waals surface area contributed by atoms with Gasteiger partial charge in [0.2, 0.25) is 0 Å². The number of carbonyl (C=O) groups is 1. The van der Waals surface area contributed by atoms with Crippen molar-refractivity contribution in [1.29, 1.82) is 0 Å². The number of amides is 1. The number of pyridine rings is 1. The largest absolute Gasteiger partial charge is 0.382 e. The molecule has 1 unspecified atom stereocenters. The molecule has 1 atom stereocenters. The van der Waals surface area contributed by atoms with Crippen LogP contribution < -0.4 is 21.1 Å². The quantitative estimate of drug-likeness (QED) is 0.233. The van der Waals surface area contributed by atoms with Crippen LogP contribution >= 0.6 is 0 Å². The third-order valence-electron chi connectivity index (χ3n) is 6.93. The number of rotatable bonds is 4. The van der Waals surface area contributed by atoms with E-state index in [2.05, 4.69) is 32.3 Å². The zero-order valence-electron chi connectivity index (χ0n) is 22.7. The molecule has 0 saturated heterocycles. The Kier molecular flexibility index (Phi) is 6.32. The molecule has 0 spiro atoms. The maximum Gasteiger partial charge on any atom is 0.362 e. The number of anilines is 1. The van der Waals surface area contributed by atoms with Crippen LogP contribution in [-0.4, -0.2) is 30.3 Å². The van der Waals surface area contributed by atoms with Crippen molar-refractivity contribution in [3.8, 4) is 17.5 Å². The maximum absolute atomic E-state index is 14.2. The van der Waals surface area contributed by atoms with E-state index in [1.165, 1.54) is 0 Å². The van der Waals surface area contributed by atoms with E-state index in [4.69, 9.17) is 5.73 Å². The molecule has 4 N–H and O–H groups in total. The first-order valence-electron chi connectivity index (χ1n) is 13.0. The van der Waals surface area contributed by atoms with Crippen LogP contribution in [0.4, 0.5) is 5.82 Å². The van der Waals surface area contributed by atoms with Crippen LogP contribution in [0.25, 0.3) is 22.1 Å². The maximum atomic E-state index is 14.2. The molecule has 0 aliphatic carbocycles. The van der Waals surface area contributed by atoms with E-state index in [-0.39, 0.29) is 16.9 Å². The number of nitrogens with two attached hydrogens (primary N) is 1. The van der Waals surface area contributed by atoms with E-state index >= 15 is 0 Å². The Hall–Kier alpha value is -5.69. The van der Waals surface area contributed by atoms with Crippen LogP contribution in [0.1, 0.15) is 45.8 Å². The molecule has 0 saturated carbocycles. The normalized spacial score (nSPS) is 11.8. The lowest BCUT2D eigenvalue weighted by molar-refractivity contribution is -0.577. The van der Waals surface area contributed by atoms with Gasteiger partial charge in [-0.3, -0.25) is 18.8 Å². The predicted molar refractivity (Wildman–Crippen MR) is 156 cm³/mol. The summed E-state index contributed by atoms with van der Waals surface area (Å²) in [6, 6.07) is 18.0. The minimum atomic E-state index is -0.564. The number of para-hydroxylation sites is 1. The highest BCUT2D eigenvalue weighted by Crippen LogP contribution is 2.24. The Morgan fingerprint density at radius 3 is 2.63 bits per heavy atom. The molecule has 2 aromatic carbocycles. The molecule has 4 heterocycles. The molecule has 4 aromatic heterocycles. The average Bonchev–Trinajstić information content (AvgIpc) is 3.48. The van der Waals surface area contributed by atoms with Gasteiger partial charge in [0.15, 0.2) is 11.4 Å². The van der Waals surface area contributed by atoms with Crippen molar-refractivity contribution in [3.63, 3.8) is 0 Å². The summed E-state index contributed by atoms with van der Waals surface area (Å²) in [4.78, 5) is 32.0. The van der Waals surface area contributed by atoms with Crippen LogP contribution in [0.3, 0.4) is 0 Å². The number of benzene rings is 2. The fraction of sp³-hybridized carbons (Fsp3) is 0.129. The van der Waals surface area contributed by atoms with Gasteiger partial charge in [0.1, 0.15) is 12.4 Å². The first-order chi connectivity index (χ1) is 19.8. The Labute approximate surface area is 235 Å². The summed E-state index contributed by atoms with van der Waals surface area (Å²) in [5.74, 6) is 6.14. The monoisotopic (exact) mass is 543 g/mol. The van der Waals surface area contributed by atoms with Crippen molar-refractivity contribution in [2.24, 2.45) is 7.05 Å². The van der Waals surface area contributed by atoms with E-state index in [0.717, 1.165) is 16.6 Å². The lowest BCUT2D eigenvalue weighted by Crippen LogP contribution is -2.33. The second kappa shape index (κ2) is 10.1. The number of fused-ring (bicyclic) bond motifs is 2. The summed E-state index contributed by atoms with van der Waals surface area (Å²) in [5.41, 5.74) is 10.0. The van der Waals surface area contributed by atoms with Gasteiger partial charge in [0, 0.05) is 36.3 Å². The smallest absolute Gasteiger partial charge is 0.362 e. The van der Waals surface area contributed by atoms with Crippen molar-refractivity contribution < 1.29 is 9.31 Å². The summed E-state index contributed by atoms with van der Waals surface area (Å²) in [5, 5.41) is 11.5. The number of carbonyl (C=O) groups excluding carboxylic acids is 1. The van der Waals surface area contributed by atoms with Gasteiger partial charge in [-0.25, -0.2) is 5.10 Å². The van der Waals surface area contributed by atoms with Gasteiger partial charge < -0.3 is 11.1 Å². The summed E-state index contributed by atoms with van der Waals surface area (Å²) in [6.45, 7) is 3.73. The Balaban J connectivity index is 1.48. The van der Waals surface area contributed by atoms with Crippen LogP contribution in [0.15, 0.2) is 84.0 Å². The van der Waals surface area contributed by atoms with Crippen molar-refractivity contribution in [2.45, 2.75) is 19.9 Å². The molecule has 0 aliphatic rings. The average molecular weight is 544 g/mol. The topological polar surface area (TPSA) is 128 Å². The number of hydrogen-bond acceptors (Lipinski definition) is 5. The lowest BCUT2D eigenvalue weighted by atomic mass is 10.0. The molecule has 0 radical (unpaired) electrons. The zero-order chi connectivity index (χ0) is 28.7. The van der Waals surface area contributed by atoms with Crippen LogP contribution in [0.5, 0.6) is 0 Å². The molecule has 10 nitrogen and oxygen atoms in total. The molecular weight excluding hydrogens is 516 g/mol. The van der Waals surface area contributed by atoms with Crippen molar-refractivity contribution >= 4 is 28.1 Å². The SMILES string of the molecule is Cc1nn(C)cc1C#Cc1cccc2cc(C(C)NC(=O)c3c(N)[nH][n+]4cccnc34)n(-c3ccccc3)c(=O)c12. The molecule has 41 heavy (non-hydrogen) atoms. The fourth-order valence-corrected chi connectivity index (χ4v) is 5.02. The minimum absolute atomic E-state index is 0.194. The van der Waals surface area contributed by atoms with Gasteiger partial charge in [-0.1, -0.05) is 42.2 Å². The molecule has 0 fully saturated rings. The third kappa shape index (κ3) is 4.59. The molecule has 0 aliphatic heterocycles. The van der Waals surface area contributed by atoms with Gasteiger partial charge in [0.25, 0.3) is 11.5 Å². The Morgan fingerprint density at radius 1 is 1.10 bits per heavy atom. The van der Waals surface area contributed by atoms with Crippen molar-refractivity contribution in [1.82, 2.24) is 29.7 Å². The second-order valence-electron chi connectivity index (χ2n) is 9.78. The van der Waals surface area contributed by atoms with Gasteiger partial charge >= 0.3 is 5.65 Å². The first kappa shape index (κ1) is 25.6. The van der Waals surface area contributed by atoms with Crippen LogP contribution in [-0.2, 0) is 7.05 Å². The molecular formula is C31H27N8O2+. The van der Waals surface area contributed by atoms with Crippen molar-refractivity contribution in [3.05, 3.63) is 118 Å². The molecule has 6 aromatic rings. The first-order valence-corrected chi connectivity index (χ1v) is 13.0. The highest BCUT2D eigenvalue weighted by atomic mass is 16.2. The standard InChI is InChI=1S/C31H26N8O2/c1-19-23(18-37(3)35-19)14-13-21-9-7-10-22-17-25(39(31(41)26(21)22)24-11-5-4-6-12-24)20(2)34-30(40)27-28(32)36-38-16-8-15-33-29(27)38/h4-12,15-18,20H,1-3H3,(H3,32,34,36,40)/p+1. The number of nitrogens with one attached hydrogen (secondary N) is 2. The molecule has 0 bridgehead atoms. The highest BCUT2D eigenvalue weighted by Gasteiger charge is 2.27. The molecule has 6 rings (SSSR count). The number of aromatic amines is 1. The van der Waals surface area contributed by atoms with E-state index in [9.17, 15) is 9.59 Å². The summed E-state index contributed by atoms with van der Waals surface area (Å²) >= 11 is 0. The summed E-state index contributed by atoms with van der Waals surface area (Å²) < 4.78 is 4.92. The van der Waals surface area contributed by atoms with Gasteiger partial charge in [-0.15, -0.1) is 4.52 Å². The fourth-order valence-electron chi connectivity index (χ4n) is 5.02. The number of nitrogen functional groups attached to an aromatic ring is 1. The highest BCUT2D eigenvalue weighted by molar-refractivity contribution is 6.03. The number of H-pyrrole nitrogens is 1. The Morgan fingerprint density at radius 2 is 1.88 bits per heavy atom. The number of nitrogens with zero attached hydrogens (tertiary/aromatic N) is 5. The molecule has 202 valence electrons. The number of hydrogen-bond donors (Lipinski definition) is 3. The summed E-state index contributed by atoms with van der Waals surface area (Å²) in [7, 11) is 1.85. The predicted octanol–water partition coefficient (Wildman–Crippen LogP) is 2.97. The van der Waals surface area contributed by atoms with Gasteiger partial charge in [-0.05, 0) is 48.5 Å². The lowest BCUT2D eigenvalue weighted by Gasteiger charge is -2.21. The van der Waals surface area contributed by atoms with Crippen molar-refractivity contribution in [2.75, 3.05) is 5.73 Å². The second-order valence-corrected chi connectivity index (χ2v) is 9.78. The van der Waals surface area contributed by atoms with Gasteiger partial charge in [0.05, 0.1) is 22.7 Å². The van der Waals surface area contributed by atoms with E-state index in [1.807, 2.05) is 81.7 Å². The number of aromatic nitrogens is 6. The Bertz CT molecular complexity index is 2080. The summed E-state index contributed by atoms with van der Waals surface area (Å²) in [6.07, 6.45) is 5.17. The minimum Gasteiger partial charge on any atom is -0.382 e. The van der Waals surface area contributed by atoms with Gasteiger partial charge in [-0.2, -0.15) is 5.10 Å². The molecule has 1 amide bonds. The van der Waals surface area contributed by atoms with Crippen LogP contribution in [0, 0.1) is 18.8 Å². The van der Waals surface area contributed by atoms with E-state index in [0.29, 0.717) is 28.0 Å². The zero-order valence-corrected chi connectivity index (χ0v) is 22.7. The van der Waals surface area contributed by atoms with Crippen LogP contribution in [0.2, 0.25) is 0 Å². The van der Waals surface area contributed by atoms with E-state index < -0.39 is 11.9 Å². The van der Waals surface area contributed by atoms with E-state index in [1.54, 1.807) is 32.2 Å². The molecule has 10 heteroatoms. The number of aryl methyl sites for hydroxylation is 2. The third-order valence-corrected chi connectivity index (χ3v) is 6.93.